The summed E-state index contributed by atoms with van der Waals surface area (Å²) in [6, 6.07) is 19.8. The van der Waals surface area contributed by atoms with Gasteiger partial charge in [0.15, 0.2) is 0 Å². The lowest BCUT2D eigenvalue weighted by atomic mass is 10.2. The van der Waals surface area contributed by atoms with Gasteiger partial charge in [0.05, 0.1) is 7.11 Å². The number of benzene rings is 2. The third-order valence-corrected chi connectivity index (χ3v) is 3.35. The first-order valence-corrected chi connectivity index (χ1v) is 7.34. The maximum Gasteiger partial charge on any atom is 0.135 e. The Labute approximate surface area is 135 Å². The van der Waals surface area contributed by atoms with Crippen molar-refractivity contribution in [2.45, 2.75) is 6.54 Å². The molecule has 0 aliphatic heterocycles. The van der Waals surface area contributed by atoms with E-state index in [-0.39, 0.29) is 0 Å². The molecule has 2 N–H and O–H groups in total. The van der Waals surface area contributed by atoms with Crippen molar-refractivity contribution in [2.75, 3.05) is 17.7 Å². The third-order valence-electron chi connectivity index (χ3n) is 3.35. The van der Waals surface area contributed by atoms with Crippen LogP contribution in [0.1, 0.15) is 5.56 Å². The summed E-state index contributed by atoms with van der Waals surface area (Å²) in [7, 11) is 1.65. The van der Waals surface area contributed by atoms with Crippen LogP contribution in [0.3, 0.4) is 0 Å². The van der Waals surface area contributed by atoms with E-state index in [2.05, 4.69) is 32.7 Å². The van der Waals surface area contributed by atoms with Crippen molar-refractivity contribution < 1.29 is 4.74 Å². The van der Waals surface area contributed by atoms with Crippen LogP contribution in [-0.4, -0.2) is 17.1 Å². The van der Waals surface area contributed by atoms with Gasteiger partial charge >= 0.3 is 0 Å². The molecule has 3 aromatic rings. The molecule has 5 heteroatoms. The highest BCUT2D eigenvalue weighted by atomic mass is 16.5. The number of hydrogen-bond acceptors (Lipinski definition) is 5. The van der Waals surface area contributed by atoms with E-state index in [1.807, 2.05) is 48.5 Å². The van der Waals surface area contributed by atoms with Gasteiger partial charge in [-0.25, -0.2) is 9.97 Å². The maximum absolute atomic E-state index is 5.15. The molecule has 0 atom stereocenters. The quantitative estimate of drug-likeness (QED) is 0.724. The van der Waals surface area contributed by atoms with Crippen molar-refractivity contribution in [2.24, 2.45) is 0 Å². The topological polar surface area (TPSA) is 59.1 Å². The molecule has 0 radical (unpaired) electrons. The summed E-state index contributed by atoms with van der Waals surface area (Å²) in [5, 5.41) is 6.54. The van der Waals surface area contributed by atoms with E-state index in [4.69, 9.17) is 4.74 Å². The summed E-state index contributed by atoms with van der Waals surface area (Å²) in [4.78, 5) is 8.48. The van der Waals surface area contributed by atoms with Crippen LogP contribution in [0.15, 0.2) is 67.0 Å². The van der Waals surface area contributed by atoms with Gasteiger partial charge in [0, 0.05) is 18.3 Å². The normalized spacial score (nSPS) is 10.1. The summed E-state index contributed by atoms with van der Waals surface area (Å²) < 4.78 is 5.15. The Hall–Kier alpha value is -3.08. The fourth-order valence-corrected chi connectivity index (χ4v) is 2.13. The van der Waals surface area contributed by atoms with E-state index in [9.17, 15) is 0 Å². The van der Waals surface area contributed by atoms with Crippen molar-refractivity contribution in [3.05, 3.63) is 72.6 Å². The van der Waals surface area contributed by atoms with Gasteiger partial charge in [0.1, 0.15) is 23.7 Å². The first-order chi connectivity index (χ1) is 11.3. The van der Waals surface area contributed by atoms with Crippen molar-refractivity contribution in [1.82, 2.24) is 9.97 Å². The van der Waals surface area contributed by atoms with E-state index in [1.165, 1.54) is 5.56 Å². The minimum absolute atomic E-state index is 0.722. The summed E-state index contributed by atoms with van der Waals surface area (Å²) in [5.74, 6) is 2.34. The van der Waals surface area contributed by atoms with Crippen LogP contribution in [0, 0.1) is 0 Å². The molecule has 1 heterocycles. The SMILES string of the molecule is COc1ccc(Nc2cc(NCc3ccccc3)ncn2)cc1. The maximum atomic E-state index is 5.15. The van der Waals surface area contributed by atoms with E-state index >= 15 is 0 Å². The molecule has 0 spiro atoms. The van der Waals surface area contributed by atoms with Crippen LogP contribution in [0.5, 0.6) is 5.75 Å². The molecule has 5 nitrogen and oxygen atoms in total. The van der Waals surface area contributed by atoms with Crippen LogP contribution in [0.4, 0.5) is 17.3 Å². The van der Waals surface area contributed by atoms with Gasteiger partial charge in [-0.2, -0.15) is 0 Å². The van der Waals surface area contributed by atoms with Crippen LogP contribution in [-0.2, 0) is 6.54 Å². The fourth-order valence-electron chi connectivity index (χ4n) is 2.13. The lowest BCUT2D eigenvalue weighted by Gasteiger charge is -2.09. The lowest BCUT2D eigenvalue weighted by molar-refractivity contribution is 0.415. The largest absolute Gasteiger partial charge is 0.497 e. The van der Waals surface area contributed by atoms with E-state index in [0.717, 1.165) is 29.6 Å². The molecule has 3 rings (SSSR count). The molecule has 0 saturated carbocycles. The number of rotatable bonds is 6. The minimum Gasteiger partial charge on any atom is -0.497 e. The number of ether oxygens (including phenoxy) is 1. The average Bonchev–Trinajstić information content (AvgIpc) is 2.62. The van der Waals surface area contributed by atoms with Crippen molar-refractivity contribution >= 4 is 17.3 Å². The zero-order valence-corrected chi connectivity index (χ0v) is 12.9. The number of anilines is 3. The second-order valence-corrected chi connectivity index (χ2v) is 4.98. The standard InChI is InChI=1S/C18H18N4O/c1-23-16-9-7-15(8-10-16)22-18-11-17(20-13-21-18)19-12-14-5-3-2-4-6-14/h2-11,13H,12H2,1H3,(H2,19,20,21,22). The number of nitrogens with zero attached hydrogens (tertiary/aromatic N) is 2. The van der Waals surface area contributed by atoms with Crippen LogP contribution in [0.25, 0.3) is 0 Å². The van der Waals surface area contributed by atoms with Gasteiger partial charge in [-0.3, -0.25) is 0 Å². The minimum atomic E-state index is 0.722. The summed E-state index contributed by atoms with van der Waals surface area (Å²) in [6.07, 6.45) is 1.54. The molecule has 2 aromatic carbocycles. The summed E-state index contributed by atoms with van der Waals surface area (Å²) in [5.41, 5.74) is 2.15. The molecular formula is C18H18N4O. The van der Waals surface area contributed by atoms with Gasteiger partial charge < -0.3 is 15.4 Å². The Balaban J connectivity index is 1.64. The molecule has 0 unspecified atom stereocenters. The van der Waals surface area contributed by atoms with Gasteiger partial charge in [-0.15, -0.1) is 0 Å². The third kappa shape index (κ3) is 4.20. The molecule has 0 aliphatic rings. The van der Waals surface area contributed by atoms with Crippen molar-refractivity contribution in [3.8, 4) is 5.75 Å². The van der Waals surface area contributed by atoms with Gasteiger partial charge in [-0.1, -0.05) is 30.3 Å². The zero-order chi connectivity index (χ0) is 15.9. The Bertz CT molecular complexity index is 744. The van der Waals surface area contributed by atoms with Crippen LogP contribution < -0.4 is 15.4 Å². The van der Waals surface area contributed by atoms with Gasteiger partial charge in [-0.05, 0) is 29.8 Å². The Kier molecular flexibility index (Phi) is 4.69. The molecule has 0 fully saturated rings. The van der Waals surface area contributed by atoms with Crippen molar-refractivity contribution in [3.63, 3.8) is 0 Å². The fraction of sp³-hybridized carbons (Fsp3) is 0.111. The van der Waals surface area contributed by atoms with Crippen molar-refractivity contribution in [1.29, 1.82) is 0 Å². The predicted molar refractivity (Wildman–Crippen MR) is 92.1 cm³/mol. The second-order valence-electron chi connectivity index (χ2n) is 4.98. The van der Waals surface area contributed by atoms with E-state index in [1.54, 1.807) is 13.4 Å². The van der Waals surface area contributed by atoms with Gasteiger partial charge in [0.2, 0.25) is 0 Å². The number of aromatic nitrogens is 2. The molecule has 0 bridgehead atoms. The lowest BCUT2D eigenvalue weighted by Crippen LogP contribution is -2.03. The van der Waals surface area contributed by atoms with Gasteiger partial charge in [0.25, 0.3) is 0 Å². The monoisotopic (exact) mass is 306 g/mol. The van der Waals surface area contributed by atoms with Crippen LogP contribution in [0.2, 0.25) is 0 Å². The highest BCUT2D eigenvalue weighted by molar-refractivity contribution is 5.59. The molecule has 116 valence electrons. The predicted octanol–water partition coefficient (Wildman–Crippen LogP) is 3.84. The smallest absolute Gasteiger partial charge is 0.135 e. The Morgan fingerprint density at radius 3 is 2.39 bits per heavy atom. The van der Waals surface area contributed by atoms with E-state index < -0.39 is 0 Å². The first kappa shape index (κ1) is 14.8. The Morgan fingerprint density at radius 2 is 1.65 bits per heavy atom. The summed E-state index contributed by atoms with van der Waals surface area (Å²) in [6.45, 7) is 0.722. The number of nitrogens with one attached hydrogen (secondary N) is 2. The zero-order valence-electron chi connectivity index (χ0n) is 12.9. The molecule has 23 heavy (non-hydrogen) atoms. The highest BCUT2D eigenvalue weighted by Crippen LogP contribution is 2.19. The molecule has 1 aromatic heterocycles. The molecule has 0 amide bonds. The van der Waals surface area contributed by atoms with E-state index in [0.29, 0.717) is 0 Å². The first-order valence-electron chi connectivity index (χ1n) is 7.34. The summed E-state index contributed by atoms with van der Waals surface area (Å²) >= 11 is 0. The molecular weight excluding hydrogens is 288 g/mol. The number of methoxy groups -OCH3 is 1. The highest BCUT2D eigenvalue weighted by Gasteiger charge is 2.00. The molecule has 0 saturated heterocycles. The average molecular weight is 306 g/mol. The second kappa shape index (κ2) is 7.26. The van der Waals surface area contributed by atoms with Crippen LogP contribution >= 0.6 is 0 Å². The number of hydrogen-bond donors (Lipinski definition) is 2. The Morgan fingerprint density at radius 1 is 0.913 bits per heavy atom. The molecule has 0 aliphatic carbocycles.